The van der Waals surface area contributed by atoms with Crippen LogP contribution < -0.4 is 11.0 Å². The molecule has 1 aromatic heterocycles. The summed E-state index contributed by atoms with van der Waals surface area (Å²) in [6.07, 6.45) is 3.80. The molecule has 0 fully saturated rings. The standard InChI is InChI=1S/C15H14ClN3O2S/c16-10-2-3-13-11(8-10)12(4-7-22-13)18-14(20)9-19-6-1-5-17-15(19)21/h1-3,5-6,8,12H,4,7,9H2,(H,18,20)/t12-/m1/s1. The second-order valence-electron chi connectivity index (χ2n) is 4.97. The van der Waals surface area contributed by atoms with Crippen molar-refractivity contribution in [2.45, 2.75) is 23.9 Å². The van der Waals surface area contributed by atoms with E-state index in [0.29, 0.717) is 5.02 Å². The van der Waals surface area contributed by atoms with Gasteiger partial charge in [0.2, 0.25) is 5.91 Å². The summed E-state index contributed by atoms with van der Waals surface area (Å²) in [5.74, 6) is 0.727. The minimum atomic E-state index is -0.430. The van der Waals surface area contributed by atoms with Crippen molar-refractivity contribution in [1.29, 1.82) is 0 Å². The highest BCUT2D eigenvalue weighted by Gasteiger charge is 2.22. The summed E-state index contributed by atoms with van der Waals surface area (Å²) in [6.45, 7) is -0.0355. The Bertz CT molecular complexity index is 762. The molecule has 2 aromatic rings. The number of nitrogens with zero attached hydrogens (tertiary/aromatic N) is 2. The summed E-state index contributed by atoms with van der Waals surface area (Å²) in [6, 6.07) is 7.28. The van der Waals surface area contributed by atoms with Gasteiger partial charge < -0.3 is 5.32 Å². The molecule has 0 aliphatic carbocycles. The maximum atomic E-state index is 12.2. The normalized spacial score (nSPS) is 16.9. The first-order chi connectivity index (χ1) is 10.6. The molecule has 0 unspecified atom stereocenters. The number of nitrogens with one attached hydrogen (secondary N) is 1. The topological polar surface area (TPSA) is 64.0 Å². The van der Waals surface area contributed by atoms with Crippen LogP contribution in [0.3, 0.4) is 0 Å². The number of rotatable bonds is 3. The molecule has 3 rings (SSSR count). The molecule has 1 aromatic carbocycles. The molecule has 0 saturated heterocycles. The van der Waals surface area contributed by atoms with Crippen LogP contribution in [0.15, 0.2) is 46.3 Å². The minimum absolute atomic E-state index is 0.0355. The van der Waals surface area contributed by atoms with Crippen LogP contribution in [0.5, 0.6) is 0 Å². The van der Waals surface area contributed by atoms with Crippen LogP contribution in [0.2, 0.25) is 5.02 Å². The average Bonchev–Trinajstić information content (AvgIpc) is 2.50. The van der Waals surface area contributed by atoms with Crippen molar-refractivity contribution in [2.75, 3.05) is 5.75 Å². The molecule has 114 valence electrons. The van der Waals surface area contributed by atoms with Crippen molar-refractivity contribution in [3.63, 3.8) is 0 Å². The number of carbonyl (C=O) groups excluding carboxylic acids is 1. The Kier molecular flexibility index (Phi) is 4.49. The SMILES string of the molecule is O=C(Cn1cccnc1=O)N[C@@H]1CCSc2ccc(Cl)cc21. The van der Waals surface area contributed by atoms with E-state index in [0.717, 1.165) is 22.6 Å². The van der Waals surface area contributed by atoms with Gasteiger partial charge in [-0.3, -0.25) is 9.36 Å². The lowest BCUT2D eigenvalue weighted by atomic mass is 10.0. The van der Waals surface area contributed by atoms with Gasteiger partial charge in [-0.25, -0.2) is 9.78 Å². The van der Waals surface area contributed by atoms with E-state index in [1.807, 2.05) is 18.2 Å². The molecule has 1 atom stereocenters. The van der Waals surface area contributed by atoms with Crippen LogP contribution in [-0.2, 0) is 11.3 Å². The number of thioether (sulfide) groups is 1. The Morgan fingerprint density at radius 1 is 1.50 bits per heavy atom. The van der Waals surface area contributed by atoms with Gasteiger partial charge in [0.1, 0.15) is 6.54 Å². The van der Waals surface area contributed by atoms with Gasteiger partial charge in [-0.2, -0.15) is 0 Å². The van der Waals surface area contributed by atoms with Crippen molar-refractivity contribution in [2.24, 2.45) is 0 Å². The van der Waals surface area contributed by atoms with Gasteiger partial charge in [0, 0.05) is 28.1 Å². The van der Waals surface area contributed by atoms with Crippen molar-refractivity contribution < 1.29 is 4.79 Å². The fourth-order valence-electron chi connectivity index (χ4n) is 2.42. The number of fused-ring (bicyclic) bond motifs is 1. The summed E-state index contributed by atoms with van der Waals surface area (Å²) in [7, 11) is 0. The van der Waals surface area contributed by atoms with Crippen LogP contribution in [0.4, 0.5) is 0 Å². The number of hydrogen-bond donors (Lipinski definition) is 1. The number of carbonyl (C=O) groups is 1. The Hall–Kier alpha value is -1.79. The summed E-state index contributed by atoms with van der Waals surface area (Å²) < 4.78 is 1.28. The molecular formula is C15H14ClN3O2S. The second kappa shape index (κ2) is 6.54. The van der Waals surface area contributed by atoms with E-state index in [9.17, 15) is 9.59 Å². The first-order valence-corrected chi connectivity index (χ1v) is 8.23. The zero-order valence-electron chi connectivity index (χ0n) is 11.7. The first kappa shape index (κ1) is 15.1. The average molecular weight is 336 g/mol. The Morgan fingerprint density at radius 2 is 2.36 bits per heavy atom. The Balaban J connectivity index is 1.74. The molecule has 1 N–H and O–H groups in total. The number of hydrogen-bond acceptors (Lipinski definition) is 4. The van der Waals surface area contributed by atoms with E-state index in [1.54, 1.807) is 24.0 Å². The highest BCUT2D eigenvalue weighted by Crippen LogP contribution is 2.37. The lowest BCUT2D eigenvalue weighted by Gasteiger charge is -2.26. The third kappa shape index (κ3) is 3.34. The van der Waals surface area contributed by atoms with Crippen LogP contribution in [0.1, 0.15) is 18.0 Å². The number of aromatic nitrogens is 2. The molecule has 1 aliphatic heterocycles. The fourth-order valence-corrected chi connectivity index (χ4v) is 3.70. The highest BCUT2D eigenvalue weighted by atomic mass is 35.5. The third-order valence-electron chi connectivity index (χ3n) is 3.44. The van der Waals surface area contributed by atoms with E-state index < -0.39 is 5.69 Å². The molecule has 0 spiro atoms. The van der Waals surface area contributed by atoms with Gasteiger partial charge in [0.15, 0.2) is 0 Å². The molecule has 1 amide bonds. The quantitative estimate of drug-likeness (QED) is 0.934. The molecule has 0 radical (unpaired) electrons. The monoisotopic (exact) mass is 335 g/mol. The van der Waals surface area contributed by atoms with E-state index >= 15 is 0 Å². The van der Waals surface area contributed by atoms with Crippen molar-refractivity contribution in [3.8, 4) is 0 Å². The van der Waals surface area contributed by atoms with Crippen LogP contribution >= 0.6 is 23.4 Å². The zero-order valence-corrected chi connectivity index (χ0v) is 13.2. The van der Waals surface area contributed by atoms with Gasteiger partial charge in [0.05, 0.1) is 6.04 Å². The molecule has 0 saturated carbocycles. The maximum Gasteiger partial charge on any atom is 0.347 e. The molecule has 5 nitrogen and oxygen atoms in total. The highest BCUT2D eigenvalue weighted by molar-refractivity contribution is 7.99. The largest absolute Gasteiger partial charge is 0.348 e. The van der Waals surface area contributed by atoms with Gasteiger partial charge in [-0.05, 0) is 36.2 Å². The van der Waals surface area contributed by atoms with Crippen LogP contribution in [-0.4, -0.2) is 21.2 Å². The van der Waals surface area contributed by atoms with Gasteiger partial charge in [-0.1, -0.05) is 11.6 Å². The molecule has 2 heterocycles. The first-order valence-electron chi connectivity index (χ1n) is 6.86. The predicted octanol–water partition coefficient (Wildman–Crippen LogP) is 2.25. The van der Waals surface area contributed by atoms with Gasteiger partial charge in [0.25, 0.3) is 0 Å². The summed E-state index contributed by atoms with van der Waals surface area (Å²) in [5.41, 5.74) is 0.607. The molecular weight excluding hydrogens is 322 g/mol. The van der Waals surface area contributed by atoms with Crippen LogP contribution in [0, 0.1) is 0 Å². The number of benzene rings is 1. The Morgan fingerprint density at radius 3 is 3.18 bits per heavy atom. The fraction of sp³-hybridized carbons (Fsp3) is 0.267. The van der Waals surface area contributed by atoms with E-state index in [2.05, 4.69) is 10.3 Å². The second-order valence-corrected chi connectivity index (χ2v) is 6.54. The van der Waals surface area contributed by atoms with Crippen LogP contribution in [0.25, 0.3) is 0 Å². The maximum absolute atomic E-state index is 12.2. The molecule has 1 aliphatic rings. The smallest absolute Gasteiger partial charge is 0.347 e. The van der Waals surface area contributed by atoms with E-state index in [4.69, 9.17) is 11.6 Å². The van der Waals surface area contributed by atoms with Gasteiger partial charge >= 0.3 is 5.69 Å². The third-order valence-corrected chi connectivity index (χ3v) is 4.80. The van der Waals surface area contributed by atoms with Crippen molar-refractivity contribution in [1.82, 2.24) is 14.9 Å². The molecule has 22 heavy (non-hydrogen) atoms. The van der Waals surface area contributed by atoms with E-state index in [1.165, 1.54) is 10.8 Å². The number of halogens is 1. The Labute approximate surface area is 136 Å². The lowest BCUT2D eigenvalue weighted by Crippen LogP contribution is -2.36. The van der Waals surface area contributed by atoms with Gasteiger partial charge in [-0.15, -0.1) is 11.8 Å². The summed E-state index contributed by atoms with van der Waals surface area (Å²) in [5, 5.41) is 3.64. The lowest BCUT2D eigenvalue weighted by molar-refractivity contribution is -0.122. The van der Waals surface area contributed by atoms with E-state index in [-0.39, 0.29) is 18.5 Å². The summed E-state index contributed by atoms with van der Waals surface area (Å²) >= 11 is 7.81. The zero-order chi connectivity index (χ0) is 15.5. The molecule has 0 bridgehead atoms. The molecule has 7 heteroatoms. The predicted molar refractivity (Wildman–Crippen MR) is 86.2 cm³/mol. The van der Waals surface area contributed by atoms with Crippen molar-refractivity contribution >= 4 is 29.3 Å². The van der Waals surface area contributed by atoms with Crippen molar-refractivity contribution in [3.05, 3.63) is 57.7 Å². The minimum Gasteiger partial charge on any atom is -0.348 e. The number of amides is 1. The summed E-state index contributed by atoms with van der Waals surface area (Å²) in [4.78, 5) is 28.5.